The minimum absolute atomic E-state index is 0.114. The standard InChI is InChI=1S/C15H19NOS/c1-2-14-7-8-15(18-14)10-16-9-12-3-5-13(11-17)6-4-12/h3-8,16-17H,2,9-11H2,1H3. The van der Waals surface area contributed by atoms with Crippen molar-refractivity contribution in [2.75, 3.05) is 0 Å². The molecule has 1 heterocycles. The van der Waals surface area contributed by atoms with E-state index in [0.29, 0.717) is 0 Å². The number of hydrogen-bond acceptors (Lipinski definition) is 3. The van der Waals surface area contributed by atoms with E-state index in [1.54, 1.807) is 0 Å². The summed E-state index contributed by atoms with van der Waals surface area (Å²) in [6.07, 6.45) is 1.12. The van der Waals surface area contributed by atoms with Crippen molar-refractivity contribution in [1.29, 1.82) is 0 Å². The van der Waals surface area contributed by atoms with E-state index >= 15 is 0 Å². The van der Waals surface area contributed by atoms with Gasteiger partial charge in [0.2, 0.25) is 0 Å². The van der Waals surface area contributed by atoms with Gasteiger partial charge in [-0.2, -0.15) is 0 Å². The predicted molar refractivity (Wildman–Crippen MR) is 76.6 cm³/mol. The molecule has 0 spiro atoms. The Kier molecular flexibility index (Phi) is 4.93. The Morgan fingerprint density at radius 1 is 0.944 bits per heavy atom. The Balaban J connectivity index is 1.80. The number of nitrogens with one attached hydrogen (secondary N) is 1. The van der Waals surface area contributed by atoms with Crippen LogP contribution in [0.15, 0.2) is 36.4 Å². The lowest BCUT2D eigenvalue weighted by atomic mass is 10.1. The minimum atomic E-state index is 0.114. The minimum Gasteiger partial charge on any atom is -0.392 e. The second kappa shape index (κ2) is 6.69. The number of aliphatic hydroxyl groups excluding tert-OH is 1. The van der Waals surface area contributed by atoms with Crippen LogP contribution in [0.25, 0.3) is 0 Å². The third kappa shape index (κ3) is 3.67. The molecule has 1 aromatic heterocycles. The van der Waals surface area contributed by atoms with Crippen LogP contribution in [0, 0.1) is 0 Å². The van der Waals surface area contributed by atoms with E-state index in [0.717, 1.165) is 25.1 Å². The molecule has 0 unspecified atom stereocenters. The summed E-state index contributed by atoms with van der Waals surface area (Å²) in [6, 6.07) is 12.5. The van der Waals surface area contributed by atoms with E-state index in [9.17, 15) is 0 Å². The third-order valence-electron chi connectivity index (χ3n) is 2.90. The van der Waals surface area contributed by atoms with E-state index in [1.807, 2.05) is 23.5 Å². The number of rotatable bonds is 6. The van der Waals surface area contributed by atoms with E-state index in [1.165, 1.54) is 15.3 Å². The van der Waals surface area contributed by atoms with E-state index in [2.05, 4.69) is 36.5 Å². The molecule has 1 aromatic carbocycles. The molecule has 96 valence electrons. The van der Waals surface area contributed by atoms with Gasteiger partial charge >= 0.3 is 0 Å². The van der Waals surface area contributed by atoms with Gasteiger partial charge in [-0.05, 0) is 29.7 Å². The van der Waals surface area contributed by atoms with Crippen molar-refractivity contribution in [3.05, 3.63) is 57.3 Å². The van der Waals surface area contributed by atoms with E-state index in [4.69, 9.17) is 5.11 Å². The molecule has 0 aliphatic rings. The molecule has 0 radical (unpaired) electrons. The highest BCUT2D eigenvalue weighted by Crippen LogP contribution is 2.16. The molecule has 2 N–H and O–H groups in total. The quantitative estimate of drug-likeness (QED) is 0.837. The second-order valence-electron chi connectivity index (χ2n) is 4.30. The molecule has 2 nitrogen and oxygen atoms in total. The van der Waals surface area contributed by atoms with Crippen molar-refractivity contribution < 1.29 is 5.11 Å². The molecule has 3 heteroatoms. The molecule has 2 aromatic rings. The average Bonchev–Trinajstić information content (AvgIpc) is 2.87. The van der Waals surface area contributed by atoms with Gasteiger partial charge in [0.15, 0.2) is 0 Å². The summed E-state index contributed by atoms with van der Waals surface area (Å²) in [7, 11) is 0. The molecule has 0 amide bonds. The lowest BCUT2D eigenvalue weighted by Gasteiger charge is -2.04. The second-order valence-corrected chi connectivity index (χ2v) is 5.55. The summed E-state index contributed by atoms with van der Waals surface area (Å²) in [4.78, 5) is 2.83. The Bertz CT molecular complexity index is 475. The van der Waals surface area contributed by atoms with E-state index in [-0.39, 0.29) is 6.61 Å². The lowest BCUT2D eigenvalue weighted by Crippen LogP contribution is -2.11. The van der Waals surface area contributed by atoms with Crippen LogP contribution in [0.3, 0.4) is 0 Å². The summed E-state index contributed by atoms with van der Waals surface area (Å²) in [5.41, 5.74) is 2.21. The summed E-state index contributed by atoms with van der Waals surface area (Å²) < 4.78 is 0. The normalized spacial score (nSPS) is 10.8. The molecule has 0 saturated heterocycles. The fraction of sp³-hybridized carbons (Fsp3) is 0.333. The van der Waals surface area contributed by atoms with Crippen molar-refractivity contribution in [3.63, 3.8) is 0 Å². The summed E-state index contributed by atoms with van der Waals surface area (Å²) in [5, 5.41) is 12.4. The Hall–Kier alpha value is -1.16. The van der Waals surface area contributed by atoms with Crippen molar-refractivity contribution in [2.45, 2.75) is 33.0 Å². The van der Waals surface area contributed by atoms with E-state index < -0.39 is 0 Å². The third-order valence-corrected chi connectivity index (χ3v) is 4.13. The molecule has 0 aliphatic heterocycles. The molecular formula is C15H19NOS. The molecule has 0 fully saturated rings. The lowest BCUT2D eigenvalue weighted by molar-refractivity contribution is 0.282. The maximum atomic E-state index is 8.96. The summed E-state index contributed by atoms with van der Waals surface area (Å²) in [5.74, 6) is 0. The van der Waals surface area contributed by atoms with Crippen LogP contribution >= 0.6 is 11.3 Å². The molecule has 0 bridgehead atoms. The van der Waals surface area contributed by atoms with Crippen LogP contribution in [0.2, 0.25) is 0 Å². The van der Waals surface area contributed by atoms with Crippen LogP contribution in [0.5, 0.6) is 0 Å². The number of hydrogen-bond donors (Lipinski definition) is 2. The Morgan fingerprint density at radius 3 is 2.22 bits per heavy atom. The first-order valence-corrected chi connectivity index (χ1v) is 7.10. The first-order chi connectivity index (χ1) is 8.81. The zero-order valence-electron chi connectivity index (χ0n) is 10.6. The first kappa shape index (κ1) is 13.3. The van der Waals surface area contributed by atoms with Crippen molar-refractivity contribution in [2.24, 2.45) is 0 Å². The highest BCUT2D eigenvalue weighted by molar-refractivity contribution is 7.11. The topological polar surface area (TPSA) is 32.3 Å². The van der Waals surface area contributed by atoms with Crippen LogP contribution in [-0.2, 0) is 26.1 Å². The molecule has 2 rings (SSSR count). The van der Waals surface area contributed by atoms with Gasteiger partial charge in [0, 0.05) is 22.8 Å². The highest BCUT2D eigenvalue weighted by Gasteiger charge is 1.98. The SMILES string of the molecule is CCc1ccc(CNCc2ccc(CO)cc2)s1. The molecule has 0 atom stereocenters. The fourth-order valence-corrected chi connectivity index (χ4v) is 2.73. The van der Waals surface area contributed by atoms with Crippen LogP contribution in [0.1, 0.15) is 27.8 Å². The van der Waals surface area contributed by atoms with Crippen LogP contribution in [-0.4, -0.2) is 5.11 Å². The van der Waals surface area contributed by atoms with Crippen LogP contribution in [0.4, 0.5) is 0 Å². The van der Waals surface area contributed by atoms with Gasteiger partial charge in [-0.1, -0.05) is 31.2 Å². The largest absolute Gasteiger partial charge is 0.392 e. The summed E-state index contributed by atoms with van der Waals surface area (Å²) >= 11 is 1.88. The number of aryl methyl sites for hydroxylation is 1. The monoisotopic (exact) mass is 261 g/mol. The van der Waals surface area contributed by atoms with Crippen molar-refractivity contribution in [1.82, 2.24) is 5.32 Å². The van der Waals surface area contributed by atoms with Gasteiger partial charge in [-0.25, -0.2) is 0 Å². The zero-order chi connectivity index (χ0) is 12.8. The molecular weight excluding hydrogens is 242 g/mol. The molecule has 0 saturated carbocycles. The first-order valence-electron chi connectivity index (χ1n) is 6.28. The fourth-order valence-electron chi connectivity index (χ4n) is 1.80. The molecule has 0 aliphatic carbocycles. The van der Waals surface area contributed by atoms with Gasteiger partial charge in [-0.15, -0.1) is 11.3 Å². The highest BCUT2D eigenvalue weighted by atomic mass is 32.1. The summed E-state index contributed by atoms with van der Waals surface area (Å²) in [6.45, 7) is 4.09. The Morgan fingerprint density at radius 2 is 1.61 bits per heavy atom. The number of benzene rings is 1. The smallest absolute Gasteiger partial charge is 0.0681 e. The van der Waals surface area contributed by atoms with Crippen LogP contribution < -0.4 is 5.32 Å². The van der Waals surface area contributed by atoms with Crippen molar-refractivity contribution in [3.8, 4) is 0 Å². The number of thiophene rings is 1. The maximum Gasteiger partial charge on any atom is 0.0681 e. The van der Waals surface area contributed by atoms with Gasteiger partial charge in [-0.3, -0.25) is 0 Å². The van der Waals surface area contributed by atoms with Gasteiger partial charge in [0.05, 0.1) is 6.61 Å². The van der Waals surface area contributed by atoms with Crippen molar-refractivity contribution >= 4 is 11.3 Å². The molecule has 18 heavy (non-hydrogen) atoms. The van der Waals surface area contributed by atoms with Gasteiger partial charge < -0.3 is 10.4 Å². The zero-order valence-corrected chi connectivity index (χ0v) is 11.5. The maximum absolute atomic E-state index is 8.96. The van der Waals surface area contributed by atoms with Gasteiger partial charge in [0.1, 0.15) is 0 Å². The van der Waals surface area contributed by atoms with Gasteiger partial charge in [0.25, 0.3) is 0 Å². The average molecular weight is 261 g/mol. The number of aliphatic hydroxyl groups is 1. The Labute approximate surface area is 112 Å². The predicted octanol–water partition coefficient (Wildman–Crippen LogP) is 3.09.